The Morgan fingerprint density at radius 2 is 2.04 bits per heavy atom. The number of halogens is 1. The lowest BCUT2D eigenvalue weighted by molar-refractivity contribution is -0.0182. The first-order valence-corrected chi connectivity index (χ1v) is 8.34. The van der Waals surface area contributed by atoms with Crippen molar-refractivity contribution in [2.75, 3.05) is 64.5 Å². The predicted molar refractivity (Wildman–Crippen MR) is 88.4 cm³/mol. The van der Waals surface area contributed by atoms with E-state index in [0.29, 0.717) is 25.4 Å². The molecule has 5 nitrogen and oxygen atoms in total. The second-order valence-electron chi connectivity index (χ2n) is 6.27. The monoisotopic (exact) mass is 323 g/mol. The molecule has 0 bridgehead atoms. The quantitative estimate of drug-likeness (QED) is 0.878. The average molecular weight is 323 g/mol. The molecule has 0 unspecified atom stereocenters. The van der Waals surface area contributed by atoms with Crippen molar-refractivity contribution in [2.45, 2.75) is 12.6 Å². The van der Waals surface area contributed by atoms with Crippen LogP contribution in [0.3, 0.4) is 0 Å². The number of hydrogen-bond donors (Lipinski definition) is 1. The number of anilines is 1. The number of likely N-dealkylation sites (N-methyl/N-ethyl adjacent to an activating group) is 1. The summed E-state index contributed by atoms with van der Waals surface area (Å²) in [6.45, 7) is 6.99. The first kappa shape index (κ1) is 16.6. The molecule has 0 spiro atoms. The maximum atomic E-state index is 14.3. The fourth-order valence-corrected chi connectivity index (χ4v) is 3.09. The fourth-order valence-electron chi connectivity index (χ4n) is 3.09. The van der Waals surface area contributed by atoms with E-state index in [4.69, 9.17) is 9.47 Å². The summed E-state index contributed by atoms with van der Waals surface area (Å²) in [7, 11) is 2.11. The van der Waals surface area contributed by atoms with E-state index >= 15 is 0 Å². The smallest absolute Gasteiger partial charge is 0.146 e. The number of benzene rings is 1. The van der Waals surface area contributed by atoms with Gasteiger partial charge in [0.15, 0.2) is 0 Å². The van der Waals surface area contributed by atoms with Crippen LogP contribution in [0.4, 0.5) is 10.1 Å². The van der Waals surface area contributed by atoms with E-state index in [-0.39, 0.29) is 11.9 Å². The van der Waals surface area contributed by atoms with Gasteiger partial charge in [0.1, 0.15) is 5.82 Å². The number of nitrogens with one attached hydrogen (secondary N) is 1. The summed E-state index contributed by atoms with van der Waals surface area (Å²) < 4.78 is 25.4. The standard InChI is InChI=1S/C17H26FN3O2/c1-20-4-9-23-15(13-20)12-19-11-14-2-3-17(16(18)10-14)21-5-7-22-8-6-21/h2-3,10,15,19H,4-9,11-13H2,1H3/t15-/m0/s1. The molecule has 2 aliphatic rings. The lowest BCUT2D eigenvalue weighted by atomic mass is 10.1. The SMILES string of the molecule is CN1CCO[C@@H](CNCc2ccc(N3CCOCC3)c(F)c2)C1. The third-order valence-corrected chi connectivity index (χ3v) is 4.41. The summed E-state index contributed by atoms with van der Waals surface area (Å²) in [5, 5.41) is 3.37. The minimum atomic E-state index is -0.153. The molecule has 2 aliphatic heterocycles. The molecule has 0 radical (unpaired) electrons. The van der Waals surface area contributed by atoms with Crippen molar-refractivity contribution in [3.8, 4) is 0 Å². The van der Waals surface area contributed by atoms with Crippen molar-refractivity contribution < 1.29 is 13.9 Å². The molecule has 2 heterocycles. The Labute approximate surface area is 137 Å². The van der Waals surface area contributed by atoms with Crippen LogP contribution in [0.1, 0.15) is 5.56 Å². The Hall–Kier alpha value is -1.21. The van der Waals surface area contributed by atoms with Crippen molar-refractivity contribution >= 4 is 5.69 Å². The highest BCUT2D eigenvalue weighted by atomic mass is 19.1. The molecule has 1 aromatic carbocycles. The van der Waals surface area contributed by atoms with Gasteiger partial charge in [-0.15, -0.1) is 0 Å². The minimum Gasteiger partial charge on any atom is -0.378 e. The van der Waals surface area contributed by atoms with Gasteiger partial charge in [-0.05, 0) is 24.7 Å². The summed E-state index contributed by atoms with van der Waals surface area (Å²) >= 11 is 0. The van der Waals surface area contributed by atoms with Crippen LogP contribution in [0.25, 0.3) is 0 Å². The number of morpholine rings is 2. The van der Waals surface area contributed by atoms with Crippen molar-refractivity contribution in [3.63, 3.8) is 0 Å². The van der Waals surface area contributed by atoms with E-state index in [1.165, 1.54) is 0 Å². The van der Waals surface area contributed by atoms with Gasteiger partial charge in [-0.2, -0.15) is 0 Å². The third kappa shape index (κ3) is 4.64. The molecule has 0 amide bonds. The Morgan fingerprint density at radius 1 is 1.22 bits per heavy atom. The van der Waals surface area contributed by atoms with Crippen LogP contribution in [-0.2, 0) is 16.0 Å². The summed E-state index contributed by atoms with van der Waals surface area (Å²) in [5.74, 6) is -0.153. The largest absolute Gasteiger partial charge is 0.378 e. The Bertz CT molecular complexity index is 509. The van der Waals surface area contributed by atoms with Gasteiger partial charge in [0.25, 0.3) is 0 Å². The van der Waals surface area contributed by atoms with Crippen molar-refractivity contribution in [1.29, 1.82) is 0 Å². The van der Waals surface area contributed by atoms with Crippen LogP contribution in [-0.4, -0.2) is 70.6 Å². The Morgan fingerprint density at radius 3 is 2.78 bits per heavy atom. The molecule has 2 saturated heterocycles. The van der Waals surface area contributed by atoms with E-state index in [2.05, 4.69) is 17.3 Å². The van der Waals surface area contributed by atoms with Gasteiger partial charge in [0.2, 0.25) is 0 Å². The fraction of sp³-hybridized carbons (Fsp3) is 0.647. The van der Waals surface area contributed by atoms with Crippen molar-refractivity contribution in [1.82, 2.24) is 10.2 Å². The first-order valence-electron chi connectivity index (χ1n) is 8.34. The van der Waals surface area contributed by atoms with Crippen molar-refractivity contribution in [2.24, 2.45) is 0 Å². The predicted octanol–water partition coefficient (Wildman–Crippen LogP) is 1.08. The maximum Gasteiger partial charge on any atom is 0.146 e. The molecule has 3 rings (SSSR count). The highest BCUT2D eigenvalue weighted by molar-refractivity contribution is 5.49. The lowest BCUT2D eigenvalue weighted by Crippen LogP contribution is -2.44. The zero-order chi connectivity index (χ0) is 16.1. The second kappa shape index (κ2) is 8.06. The molecule has 1 N–H and O–H groups in total. The second-order valence-corrected chi connectivity index (χ2v) is 6.27. The number of nitrogens with zero attached hydrogens (tertiary/aromatic N) is 2. The van der Waals surface area contributed by atoms with Gasteiger partial charge < -0.3 is 24.6 Å². The number of hydrogen-bond acceptors (Lipinski definition) is 5. The van der Waals surface area contributed by atoms with Gasteiger partial charge in [-0.25, -0.2) is 4.39 Å². The summed E-state index contributed by atoms with van der Waals surface area (Å²) in [4.78, 5) is 4.31. The normalized spacial score (nSPS) is 23.2. The maximum absolute atomic E-state index is 14.3. The molecule has 23 heavy (non-hydrogen) atoms. The highest BCUT2D eigenvalue weighted by Crippen LogP contribution is 2.21. The van der Waals surface area contributed by atoms with Crippen LogP contribution < -0.4 is 10.2 Å². The number of ether oxygens (including phenoxy) is 2. The molecule has 2 fully saturated rings. The zero-order valence-corrected chi connectivity index (χ0v) is 13.8. The molecule has 128 valence electrons. The van der Waals surface area contributed by atoms with Gasteiger partial charge in [-0.3, -0.25) is 0 Å². The van der Waals surface area contributed by atoms with E-state index in [0.717, 1.165) is 44.9 Å². The van der Waals surface area contributed by atoms with E-state index in [1.807, 2.05) is 17.0 Å². The zero-order valence-electron chi connectivity index (χ0n) is 13.8. The highest BCUT2D eigenvalue weighted by Gasteiger charge is 2.18. The summed E-state index contributed by atoms with van der Waals surface area (Å²) in [6.07, 6.45) is 0.214. The molecule has 1 aromatic rings. The number of rotatable bonds is 5. The van der Waals surface area contributed by atoms with Gasteiger partial charge >= 0.3 is 0 Å². The molecule has 1 atom stereocenters. The van der Waals surface area contributed by atoms with Crippen LogP contribution in [0.15, 0.2) is 18.2 Å². The molecule has 0 saturated carbocycles. The molecule has 0 aliphatic carbocycles. The van der Waals surface area contributed by atoms with E-state index in [1.54, 1.807) is 6.07 Å². The lowest BCUT2D eigenvalue weighted by Gasteiger charge is -2.30. The van der Waals surface area contributed by atoms with Gasteiger partial charge in [0.05, 0.1) is 31.6 Å². The van der Waals surface area contributed by atoms with Crippen LogP contribution >= 0.6 is 0 Å². The van der Waals surface area contributed by atoms with Crippen molar-refractivity contribution in [3.05, 3.63) is 29.6 Å². The molecular weight excluding hydrogens is 297 g/mol. The Kier molecular flexibility index (Phi) is 5.83. The Balaban J connectivity index is 1.49. The molecule has 0 aromatic heterocycles. The topological polar surface area (TPSA) is 37.0 Å². The van der Waals surface area contributed by atoms with Gasteiger partial charge in [-0.1, -0.05) is 6.07 Å². The molecular formula is C17H26FN3O2. The van der Waals surface area contributed by atoms with Crippen LogP contribution in [0.2, 0.25) is 0 Å². The van der Waals surface area contributed by atoms with E-state index < -0.39 is 0 Å². The average Bonchev–Trinajstić information content (AvgIpc) is 2.56. The van der Waals surface area contributed by atoms with Gasteiger partial charge in [0, 0.05) is 39.3 Å². The third-order valence-electron chi connectivity index (χ3n) is 4.41. The first-order chi connectivity index (χ1) is 11.2. The van der Waals surface area contributed by atoms with Crippen LogP contribution in [0.5, 0.6) is 0 Å². The van der Waals surface area contributed by atoms with Crippen LogP contribution in [0, 0.1) is 5.82 Å². The summed E-state index contributed by atoms with van der Waals surface area (Å²) in [6, 6.07) is 5.50. The van der Waals surface area contributed by atoms with E-state index in [9.17, 15) is 4.39 Å². The summed E-state index contributed by atoms with van der Waals surface area (Å²) in [5.41, 5.74) is 1.64. The minimum absolute atomic E-state index is 0.153. The molecule has 6 heteroatoms.